The summed E-state index contributed by atoms with van der Waals surface area (Å²) in [6, 6.07) is 16.1. The molecular formula is C22H25N3O2. The Hall–Kier alpha value is -2.79. The number of hydrogen-bond acceptors (Lipinski definition) is 4. The van der Waals surface area contributed by atoms with E-state index in [0.29, 0.717) is 6.42 Å². The van der Waals surface area contributed by atoms with Crippen LogP contribution in [0.25, 0.3) is 10.9 Å². The molecule has 5 nitrogen and oxygen atoms in total. The van der Waals surface area contributed by atoms with E-state index in [4.69, 9.17) is 4.74 Å². The maximum Gasteiger partial charge on any atom is 0.166 e. The zero-order valence-electron chi connectivity index (χ0n) is 15.6. The molecule has 2 aromatic carbocycles. The van der Waals surface area contributed by atoms with Crippen molar-refractivity contribution < 1.29 is 9.53 Å². The van der Waals surface area contributed by atoms with Gasteiger partial charge >= 0.3 is 0 Å². The van der Waals surface area contributed by atoms with Gasteiger partial charge in [-0.05, 0) is 18.2 Å². The van der Waals surface area contributed by atoms with E-state index in [2.05, 4.69) is 20.9 Å². The third-order valence-corrected chi connectivity index (χ3v) is 5.34. The van der Waals surface area contributed by atoms with Gasteiger partial charge in [0, 0.05) is 61.8 Å². The molecule has 4 rings (SSSR count). The van der Waals surface area contributed by atoms with Crippen LogP contribution in [0.3, 0.4) is 0 Å². The fourth-order valence-electron chi connectivity index (χ4n) is 3.80. The van der Waals surface area contributed by atoms with Crippen LogP contribution in [0.2, 0.25) is 0 Å². The van der Waals surface area contributed by atoms with Crippen LogP contribution in [-0.2, 0) is 0 Å². The van der Waals surface area contributed by atoms with Crippen molar-refractivity contribution in [1.29, 1.82) is 0 Å². The van der Waals surface area contributed by atoms with E-state index in [9.17, 15) is 4.79 Å². The highest BCUT2D eigenvalue weighted by atomic mass is 16.5. The van der Waals surface area contributed by atoms with Crippen LogP contribution >= 0.6 is 0 Å². The molecular weight excluding hydrogens is 338 g/mol. The van der Waals surface area contributed by atoms with E-state index in [1.165, 1.54) is 0 Å². The molecule has 1 aliphatic rings. The number of fused-ring (bicyclic) bond motifs is 1. The summed E-state index contributed by atoms with van der Waals surface area (Å²) in [6.45, 7) is 4.61. The number of ether oxygens (including phenoxy) is 1. The molecule has 27 heavy (non-hydrogen) atoms. The van der Waals surface area contributed by atoms with Gasteiger partial charge in [-0.25, -0.2) is 0 Å². The van der Waals surface area contributed by atoms with Crippen molar-refractivity contribution in [2.75, 3.05) is 44.7 Å². The largest absolute Gasteiger partial charge is 0.495 e. The second kappa shape index (κ2) is 7.84. The van der Waals surface area contributed by atoms with Gasteiger partial charge in [-0.2, -0.15) is 0 Å². The lowest BCUT2D eigenvalue weighted by molar-refractivity contribution is 0.0964. The van der Waals surface area contributed by atoms with Gasteiger partial charge in [0.05, 0.1) is 12.8 Å². The number of Topliss-reactive ketones (excluding diaryl/α,β-unsaturated/α-hetero) is 1. The second-order valence-electron chi connectivity index (χ2n) is 6.92. The van der Waals surface area contributed by atoms with Gasteiger partial charge in [0.25, 0.3) is 0 Å². The number of piperazine rings is 1. The number of H-pyrrole nitrogens is 1. The Morgan fingerprint density at radius 1 is 1.04 bits per heavy atom. The fraction of sp³-hybridized carbons (Fsp3) is 0.318. The quantitative estimate of drug-likeness (QED) is 0.680. The summed E-state index contributed by atoms with van der Waals surface area (Å²) in [7, 11) is 1.71. The minimum atomic E-state index is 0.208. The van der Waals surface area contributed by atoms with Crippen LogP contribution in [0.5, 0.6) is 5.75 Å². The van der Waals surface area contributed by atoms with Gasteiger partial charge < -0.3 is 14.6 Å². The van der Waals surface area contributed by atoms with E-state index in [-0.39, 0.29) is 5.78 Å². The normalized spacial score (nSPS) is 15.2. The Balaban J connectivity index is 1.32. The molecule has 0 radical (unpaired) electrons. The van der Waals surface area contributed by atoms with Crippen molar-refractivity contribution in [2.24, 2.45) is 0 Å². The van der Waals surface area contributed by atoms with Crippen molar-refractivity contribution in [3.05, 3.63) is 60.3 Å². The first-order valence-corrected chi connectivity index (χ1v) is 9.46. The number of nitrogens with zero attached hydrogens (tertiary/aromatic N) is 2. The molecule has 0 atom stereocenters. The molecule has 1 aliphatic heterocycles. The molecule has 3 aromatic rings. The molecule has 1 saturated heterocycles. The standard InChI is InChI=1S/C22H25N3O2/c1-27-22-9-5-4-8-20(22)25-14-12-24(13-15-25)11-10-21(26)18-16-23-19-7-3-2-6-17(18)19/h2-9,16,23H,10-15H2,1H3. The summed E-state index contributed by atoms with van der Waals surface area (Å²) in [4.78, 5) is 20.6. The number of aromatic nitrogens is 1. The van der Waals surface area contributed by atoms with Gasteiger partial charge in [0.2, 0.25) is 0 Å². The summed E-state index contributed by atoms with van der Waals surface area (Å²) < 4.78 is 5.48. The molecule has 0 saturated carbocycles. The molecule has 140 valence electrons. The average molecular weight is 363 g/mol. The Kier molecular flexibility index (Phi) is 5.12. The Morgan fingerprint density at radius 2 is 1.78 bits per heavy atom. The first kappa shape index (κ1) is 17.6. The minimum Gasteiger partial charge on any atom is -0.495 e. The number of hydrogen-bond donors (Lipinski definition) is 1. The molecule has 1 N–H and O–H groups in total. The van der Waals surface area contributed by atoms with Crippen molar-refractivity contribution in [2.45, 2.75) is 6.42 Å². The summed E-state index contributed by atoms with van der Waals surface area (Å²) >= 11 is 0. The fourth-order valence-corrected chi connectivity index (χ4v) is 3.80. The van der Waals surface area contributed by atoms with E-state index < -0.39 is 0 Å². The van der Waals surface area contributed by atoms with Gasteiger partial charge in [-0.15, -0.1) is 0 Å². The molecule has 1 aromatic heterocycles. The Morgan fingerprint density at radius 3 is 2.59 bits per heavy atom. The highest BCUT2D eigenvalue weighted by molar-refractivity contribution is 6.07. The van der Waals surface area contributed by atoms with Crippen LogP contribution in [0, 0.1) is 0 Å². The van der Waals surface area contributed by atoms with Gasteiger partial charge in [-0.1, -0.05) is 30.3 Å². The molecule has 5 heteroatoms. The molecule has 0 spiro atoms. The molecule has 0 bridgehead atoms. The van der Waals surface area contributed by atoms with E-state index in [1.807, 2.05) is 48.7 Å². The van der Waals surface area contributed by atoms with Crippen LogP contribution in [0.4, 0.5) is 5.69 Å². The zero-order chi connectivity index (χ0) is 18.6. The van der Waals surface area contributed by atoms with E-state index >= 15 is 0 Å². The van der Waals surface area contributed by atoms with Crippen LogP contribution in [0.15, 0.2) is 54.7 Å². The smallest absolute Gasteiger partial charge is 0.166 e. The number of aromatic amines is 1. The van der Waals surface area contributed by atoms with Crippen LogP contribution < -0.4 is 9.64 Å². The van der Waals surface area contributed by atoms with Crippen molar-refractivity contribution >= 4 is 22.4 Å². The maximum atomic E-state index is 12.7. The maximum absolute atomic E-state index is 12.7. The minimum absolute atomic E-state index is 0.208. The summed E-state index contributed by atoms with van der Waals surface area (Å²) in [5.74, 6) is 1.13. The molecule has 0 unspecified atom stereocenters. The van der Waals surface area contributed by atoms with Crippen LogP contribution in [-0.4, -0.2) is 55.5 Å². The monoisotopic (exact) mass is 363 g/mol. The first-order chi connectivity index (χ1) is 13.3. The molecule has 2 heterocycles. The van der Waals surface area contributed by atoms with Gasteiger partial charge in [0.1, 0.15) is 5.75 Å². The number of carbonyl (C=O) groups is 1. The summed E-state index contributed by atoms with van der Waals surface area (Å²) in [5, 5.41) is 1.02. The SMILES string of the molecule is COc1ccccc1N1CCN(CCC(=O)c2c[nH]c3ccccc23)CC1. The second-order valence-corrected chi connectivity index (χ2v) is 6.92. The predicted molar refractivity (Wildman–Crippen MR) is 109 cm³/mol. The number of benzene rings is 2. The number of nitrogens with one attached hydrogen (secondary N) is 1. The van der Waals surface area contributed by atoms with Gasteiger partial charge in [-0.3, -0.25) is 9.69 Å². The Bertz CT molecular complexity index is 926. The van der Waals surface area contributed by atoms with E-state index in [0.717, 1.165) is 60.6 Å². The third-order valence-electron chi connectivity index (χ3n) is 5.34. The van der Waals surface area contributed by atoms with Crippen LogP contribution in [0.1, 0.15) is 16.8 Å². The highest BCUT2D eigenvalue weighted by Crippen LogP contribution is 2.28. The number of ketones is 1. The van der Waals surface area contributed by atoms with E-state index in [1.54, 1.807) is 7.11 Å². The predicted octanol–water partition coefficient (Wildman–Crippen LogP) is 3.57. The lowest BCUT2D eigenvalue weighted by Gasteiger charge is -2.36. The zero-order valence-corrected chi connectivity index (χ0v) is 15.6. The average Bonchev–Trinajstić information content (AvgIpc) is 3.17. The molecule has 0 aliphatic carbocycles. The Labute approximate surface area is 159 Å². The summed E-state index contributed by atoms with van der Waals surface area (Å²) in [6.07, 6.45) is 2.39. The van der Waals surface area contributed by atoms with Crippen molar-refractivity contribution in [3.63, 3.8) is 0 Å². The first-order valence-electron chi connectivity index (χ1n) is 9.46. The van der Waals surface area contributed by atoms with Crippen molar-refractivity contribution in [1.82, 2.24) is 9.88 Å². The lowest BCUT2D eigenvalue weighted by atomic mass is 10.1. The molecule has 1 fully saturated rings. The summed E-state index contributed by atoms with van der Waals surface area (Å²) in [5.41, 5.74) is 2.97. The highest BCUT2D eigenvalue weighted by Gasteiger charge is 2.20. The molecule has 0 amide bonds. The number of para-hydroxylation sites is 3. The van der Waals surface area contributed by atoms with Gasteiger partial charge in [0.15, 0.2) is 5.78 Å². The third kappa shape index (κ3) is 3.69. The van der Waals surface area contributed by atoms with Crippen molar-refractivity contribution in [3.8, 4) is 5.75 Å². The number of carbonyl (C=O) groups excluding carboxylic acids is 1. The number of methoxy groups -OCH3 is 1. The number of rotatable bonds is 6. The number of anilines is 1. The lowest BCUT2D eigenvalue weighted by Crippen LogP contribution is -2.47. The topological polar surface area (TPSA) is 48.6 Å².